The molecule has 1 aromatic rings. The molecular weight excluding hydrogens is 356 g/mol. The second kappa shape index (κ2) is 7.57. The van der Waals surface area contributed by atoms with Crippen molar-refractivity contribution in [3.63, 3.8) is 0 Å². The van der Waals surface area contributed by atoms with Gasteiger partial charge < -0.3 is 10.6 Å². The smallest absolute Gasteiger partial charge is 0.239 e. The first-order valence-corrected chi connectivity index (χ1v) is 11.4. The van der Waals surface area contributed by atoms with Gasteiger partial charge in [-0.15, -0.1) is 11.3 Å². The normalized spacial score (nSPS) is 32.5. The molecule has 0 aromatic carbocycles. The van der Waals surface area contributed by atoms with Gasteiger partial charge in [-0.2, -0.15) is 0 Å². The maximum atomic E-state index is 12.6. The zero-order valence-corrected chi connectivity index (χ0v) is 17.3. The average molecular weight is 389 g/mol. The molecule has 2 N–H and O–H groups in total. The van der Waals surface area contributed by atoms with Crippen LogP contribution in [0.2, 0.25) is 0 Å². The molecule has 27 heavy (non-hydrogen) atoms. The van der Waals surface area contributed by atoms with Gasteiger partial charge >= 0.3 is 0 Å². The second-order valence-corrected chi connectivity index (χ2v) is 10.7. The predicted molar refractivity (Wildman–Crippen MR) is 108 cm³/mol. The molecule has 4 aliphatic carbocycles. The number of hydrogen-bond acceptors (Lipinski definition) is 3. The lowest BCUT2D eigenvalue weighted by Gasteiger charge is -2.56. The van der Waals surface area contributed by atoms with E-state index in [2.05, 4.69) is 30.5 Å². The molecule has 5 heteroatoms. The summed E-state index contributed by atoms with van der Waals surface area (Å²) in [7, 11) is 0. The molecule has 4 bridgehead atoms. The van der Waals surface area contributed by atoms with E-state index in [1.54, 1.807) is 11.3 Å². The Morgan fingerprint density at radius 3 is 2.26 bits per heavy atom. The Morgan fingerprint density at radius 1 is 1.11 bits per heavy atom. The van der Waals surface area contributed by atoms with E-state index >= 15 is 0 Å². The van der Waals surface area contributed by atoms with Gasteiger partial charge in [0.25, 0.3) is 0 Å². The van der Waals surface area contributed by atoms with Crippen molar-refractivity contribution in [1.29, 1.82) is 0 Å². The van der Waals surface area contributed by atoms with Crippen LogP contribution in [-0.2, 0) is 9.59 Å². The molecule has 4 nitrogen and oxygen atoms in total. The average Bonchev–Trinajstić information content (AvgIpc) is 3.10. The summed E-state index contributed by atoms with van der Waals surface area (Å²) in [6.07, 6.45) is 8.47. The van der Waals surface area contributed by atoms with Crippen molar-refractivity contribution < 1.29 is 9.59 Å². The van der Waals surface area contributed by atoms with Crippen molar-refractivity contribution in [1.82, 2.24) is 10.6 Å². The Kier molecular flexibility index (Phi) is 5.32. The molecule has 0 saturated heterocycles. The van der Waals surface area contributed by atoms with E-state index in [1.165, 1.54) is 43.4 Å². The van der Waals surface area contributed by atoms with Crippen LogP contribution in [0.25, 0.3) is 0 Å². The minimum absolute atomic E-state index is 0.0116. The highest BCUT2D eigenvalue weighted by Gasteiger charge is 2.51. The van der Waals surface area contributed by atoms with Gasteiger partial charge in [-0.05, 0) is 79.1 Å². The molecular formula is C22H32N2O2S. The highest BCUT2D eigenvalue weighted by molar-refractivity contribution is 7.10. The molecule has 0 spiro atoms. The molecule has 1 atom stereocenters. The number of thiophene rings is 1. The standard InChI is InChI=1S/C22H32N2O2S/c1-14(2)21(18-4-3-5-27-18)24-20(26)13-23-19(25)12-22-9-15-6-16(10-22)8-17(7-15)11-22/h3-5,14-17,21H,6-13H2,1-2H3,(H,23,25)(H,24,26)/t15?,16?,17?,21-,22?/m1/s1. The van der Waals surface area contributed by atoms with Crippen LogP contribution in [0.4, 0.5) is 0 Å². The van der Waals surface area contributed by atoms with Crippen LogP contribution in [0.1, 0.15) is 69.7 Å². The summed E-state index contributed by atoms with van der Waals surface area (Å²) in [6.45, 7) is 4.30. The minimum Gasteiger partial charge on any atom is -0.347 e. The monoisotopic (exact) mass is 388 g/mol. The van der Waals surface area contributed by atoms with Crippen LogP contribution in [-0.4, -0.2) is 18.4 Å². The highest BCUT2D eigenvalue weighted by Crippen LogP contribution is 2.61. The van der Waals surface area contributed by atoms with Crippen LogP contribution in [0, 0.1) is 29.1 Å². The summed E-state index contributed by atoms with van der Waals surface area (Å²) in [5.41, 5.74) is 0.229. The number of amides is 2. The lowest BCUT2D eigenvalue weighted by atomic mass is 9.49. The largest absolute Gasteiger partial charge is 0.347 e. The van der Waals surface area contributed by atoms with Gasteiger partial charge in [0.05, 0.1) is 12.6 Å². The first-order valence-electron chi connectivity index (χ1n) is 10.5. The summed E-state index contributed by atoms with van der Waals surface area (Å²) >= 11 is 1.66. The molecule has 4 aliphatic rings. The molecule has 1 aromatic heterocycles. The SMILES string of the molecule is CC(C)[C@@H](NC(=O)CNC(=O)CC12CC3CC(CC(C3)C1)C2)c1cccs1. The molecule has 2 amide bonds. The topological polar surface area (TPSA) is 58.2 Å². The van der Waals surface area contributed by atoms with Crippen LogP contribution < -0.4 is 10.6 Å². The number of hydrogen-bond donors (Lipinski definition) is 2. The van der Waals surface area contributed by atoms with Crippen molar-refractivity contribution >= 4 is 23.2 Å². The lowest BCUT2D eigenvalue weighted by Crippen LogP contribution is -2.48. The first kappa shape index (κ1) is 19.0. The van der Waals surface area contributed by atoms with Gasteiger partial charge in [-0.3, -0.25) is 9.59 Å². The number of carbonyl (C=O) groups excluding carboxylic acids is 2. The highest BCUT2D eigenvalue weighted by atomic mass is 32.1. The second-order valence-electron chi connectivity index (χ2n) is 9.68. The Hall–Kier alpha value is -1.36. The molecule has 4 saturated carbocycles. The third kappa shape index (κ3) is 4.23. The van der Waals surface area contributed by atoms with E-state index in [0.29, 0.717) is 12.3 Å². The van der Waals surface area contributed by atoms with Gasteiger partial charge in [-0.25, -0.2) is 0 Å². The molecule has 0 aliphatic heterocycles. The van der Waals surface area contributed by atoms with Crippen molar-refractivity contribution in [3.05, 3.63) is 22.4 Å². The van der Waals surface area contributed by atoms with Crippen molar-refractivity contribution in [2.45, 2.75) is 64.8 Å². The summed E-state index contributed by atoms with van der Waals surface area (Å²) < 4.78 is 0. The Labute approximate surface area is 166 Å². The summed E-state index contributed by atoms with van der Waals surface area (Å²) in [5.74, 6) is 2.83. The van der Waals surface area contributed by atoms with Gasteiger partial charge in [-0.1, -0.05) is 19.9 Å². The fourth-order valence-electron chi connectivity index (χ4n) is 6.35. The van der Waals surface area contributed by atoms with E-state index in [1.807, 2.05) is 11.4 Å². The third-order valence-electron chi connectivity index (χ3n) is 6.98. The van der Waals surface area contributed by atoms with Crippen LogP contribution in [0.3, 0.4) is 0 Å². The van der Waals surface area contributed by atoms with Crippen molar-refractivity contribution in [3.8, 4) is 0 Å². The Bertz CT molecular complexity index is 647. The van der Waals surface area contributed by atoms with E-state index in [-0.39, 0.29) is 29.8 Å². The zero-order chi connectivity index (χ0) is 19.0. The maximum absolute atomic E-state index is 12.6. The molecule has 0 unspecified atom stereocenters. The van der Waals surface area contributed by atoms with Crippen LogP contribution in [0.5, 0.6) is 0 Å². The molecule has 0 radical (unpaired) electrons. The fourth-order valence-corrected chi connectivity index (χ4v) is 7.30. The van der Waals surface area contributed by atoms with Crippen LogP contribution >= 0.6 is 11.3 Å². The quantitative estimate of drug-likeness (QED) is 0.732. The molecule has 5 rings (SSSR count). The summed E-state index contributed by atoms with van der Waals surface area (Å²) in [6, 6.07) is 4.08. The minimum atomic E-state index is -0.0963. The first-order chi connectivity index (χ1) is 12.9. The van der Waals surface area contributed by atoms with Gasteiger partial charge in [0.2, 0.25) is 11.8 Å². The third-order valence-corrected chi connectivity index (χ3v) is 7.93. The number of carbonyl (C=O) groups is 2. The molecule has 1 heterocycles. The van der Waals surface area contributed by atoms with Gasteiger partial charge in [0.1, 0.15) is 0 Å². The zero-order valence-electron chi connectivity index (χ0n) is 16.5. The lowest BCUT2D eigenvalue weighted by molar-refractivity contribution is -0.132. The summed E-state index contributed by atoms with van der Waals surface area (Å²) in [4.78, 5) is 26.2. The number of rotatable bonds is 7. The van der Waals surface area contributed by atoms with Gasteiger partial charge in [0.15, 0.2) is 0 Å². The van der Waals surface area contributed by atoms with Crippen molar-refractivity contribution in [2.75, 3.05) is 6.54 Å². The van der Waals surface area contributed by atoms with E-state index in [9.17, 15) is 9.59 Å². The molecule has 148 valence electrons. The molecule has 4 fully saturated rings. The fraction of sp³-hybridized carbons (Fsp3) is 0.727. The van der Waals surface area contributed by atoms with Crippen LogP contribution in [0.15, 0.2) is 17.5 Å². The van der Waals surface area contributed by atoms with E-state index in [0.717, 1.165) is 17.8 Å². The van der Waals surface area contributed by atoms with E-state index in [4.69, 9.17) is 0 Å². The Morgan fingerprint density at radius 2 is 1.74 bits per heavy atom. The summed E-state index contributed by atoms with van der Waals surface area (Å²) in [5, 5.41) is 8.02. The van der Waals surface area contributed by atoms with E-state index < -0.39 is 0 Å². The predicted octanol–water partition coefficient (Wildman–Crippen LogP) is 4.28. The Balaban J connectivity index is 1.27. The van der Waals surface area contributed by atoms with Crippen molar-refractivity contribution in [2.24, 2.45) is 29.1 Å². The van der Waals surface area contributed by atoms with Gasteiger partial charge in [0, 0.05) is 11.3 Å². The number of nitrogens with one attached hydrogen (secondary N) is 2. The maximum Gasteiger partial charge on any atom is 0.239 e.